The first-order chi connectivity index (χ1) is 80.8. The van der Waals surface area contributed by atoms with Gasteiger partial charge in [0.25, 0.3) is 0 Å². The van der Waals surface area contributed by atoms with Crippen molar-refractivity contribution < 1.29 is 97.3 Å². The predicted molar refractivity (Wildman–Crippen MR) is 628 cm³/mol. The maximum absolute atomic E-state index is 9.58. The van der Waals surface area contributed by atoms with Crippen LogP contribution in [0.4, 0.5) is 0 Å². The van der Waals surface area contributed by atoms with Gasteiger partial charge in [0.1, 0.15) is 0 Å². The number of pyridine rings is 6. The van der Waals surface area contributed by atoms with Crippen molar-refractivity contribution in [3.05, 3.63) is 431 Å². The molecule has 4 saturated carbocycles. The average Bonchev–Trinajstić information content (AvgIpc) is 0.738. The van der Waals surface area contributed by atoms with Gasteiger partial charge in [-0.05, 0) is 300 Å². The van der Waals surface area contributed by atoms with E-state index in [1.807, 2.05) is 60.7 Å². The van der Waals surface area contributed by atoms with Crippen LogP contribution in [0.3, 0.4) is 0 Å². The molecule has 25 rings (SSSR count). The topological polar surface area (TPSA) is 77.3 Å². The first-order valence-electron chi connectivity index (χ1n) is 63.6. The van der Waals surface area contributed by atoms with Crippen LogP contribution in [0.5, 0.6) is 0 Å². The molecule has 0 bridgehead atoms. The molecule has 0 N–H and O–H groups in total. The number of hydrogen-bond donors (Lipinski definition) is 0. The zero-order chi connectivity index (χ0) is 122. The zero-order valence-corrected chi connectivity index (χ0v) is 90.1. The first kappa shape index (κ1) is 81.3. The number of aryl methyl sites for hydroxylation is 11. The van der Waals surface area contributed by atoms with Crippen LogP contribution in [0.1, 0.15) is 284 Å². The fraction of sp³-hybridized carbons (Fsp3) is 0.277. The monoisotopic (exact) mass is 2530 g/mol. The van der Waals surface area contributed by atoms with Gasteiger partial charge >= 0.3 is 0 Å². The van der Waals surface area contributed by atoms with Crippen LogP contribution in [0, 0.1) is 123 Å². The second kappa shape index (κ2) is 50.6. The Balaban J connectivity index is 0.000000166. The van der Waals surface area contributed by atoms with Crippen LogP contribution in [0.2, 0.25) is 0 Å². The molecule has 0 aliphatic heterocycles. The standard InChI is InChI=1S/C35H34N.C32H30N.C30H26N.2C14H14N.C13H12N.3CH4.3Ir/c1-24-23-36-34(22-32(24)25-15-19-35(20-16-25)17-7-2-8-18-35)26-13-14-31-29-11-4-3-9-27(29)28-10-5-6-12-30(28)33(31)21-26;1-21-20-33-31(19-29(21)22-14-16-32(2,3)17-15-22)23-12-13-28-26-10-5-4-8-24(26)25-9-6-7-11-27(25)30(28)18-23;1-20-19-31-30(18-28(20)21-9-3-2-4-10-21)22-15-16-27-25-13-6-5-11-23(25)24-12-7-8-14-26(24)29(27)17-22;2*1-10-4-6-13(7-5-10)14-8-11(2)12(3)9-15-14;1-10-8-13(14-9-11(10)2)12-6-4-3-5-7-12;;;;;;/h3-6,9-12,14,21-23,25H,2,7-8,15-20H2,1H3;4-11,13,18-20,22H,14-17H2,1-3H3;5-8,11-14,16-19,21H,2-4,9-10H2,1H3;2*4-6,8-9H,1-3H3;3-6,8-9H,1-2H3;3*1H4;;;/q6*-1;;;;;;/i1D3,25D;1D3,22D;1D3,21D;2*1D3,3D3;2D3;;;;;;. The molecular formula is C141H142Ir3N6-6. The Morgan fingerprint density at radius 2 is 0.507 bits per heavy atom. The Kier molecular flexibility index (Phi) is 27.4. The summed E-state index contributed by atoms with van der Waals surface area (Å²) in [6.07, 6.45) is 25.8. The molecule has 769 valence electrons. The van der Waals surface area contributed by atoms with E-state index in [1.54, 1.807) is 51.1 Å². The molecule has 21 aromatic rings. The maximum atomic E-state index is 9.58. The number of fused-ring (bicyclic) bond motifs is 18. The third-order valence-corrected chi connectivity index (χ3v) is 29.7. The van der Waals surface area contributed by atoms with Gasteiger partial charge in [0.05, 0.1) is 0 Å². The summed E-state index contributed by atoms with van der Waals surface area (Å²) < 4.78 is 212. The van der Waals surface area contributed by atoms with Crippen LogP contribution in [0.25, 0.3) is 164 Å². The number of rotatable bonds is 9. The molecule has 4 aliphatic rings. The number of hydrogen-bond acceptors (Lipinski definition) is 6. The Bertz CT molecular complexity index is 9250. The predicted octanol–water partition coefficient (Wildman–Crippen LogP) is 39.3. The summed E-state index contributed by atoms with van der Waals surface area (Å²) >= 11 is 0. The van der Waals surface area contributed by atoms with Crippen molar-refractivity contribution in [2.45, 2.75) is 245 Å². The van der Waals surface area contributed by atoms with Crippen molar-refractivity contribution in [3.8, 4) is 67.5 Å². The van der Waals surface area contributed by atoms with E-state index in [0.717, 1.165) is 116 Å². The van der Waals surface area contributed by atoms with E-state index in [9.17, 15) is 4.11 Å². The van der Waals surface area contributed by atoms with E-state index in [0.29, 0.717) is 117 Å². The van der Waals surface area contributed by atoms with Crippen LogP contribution >= 0.6 is 0 Å². The van der Waals surface area contributed by atoms with Gasteiger partial charge in [-0.3, -0.25) is 0 Å². The van der Waals surface area contributed by atoms with Gasteiger partial charge in [0, 0.05) is 135 Å². The Morgan fingerprint density at radius 3 is 0.793 bits per heavy atom. The van der Waals surface area contributed by atoms with Crippen LogP contribution < -0.4 is 0 Å². The molecule has 0 saturated heterocycles. The van der Waals surface area contributed by atoms with Crippen molar-refractivity contribution in [1.29, 1.82) is 0 Å². The minimum atomic E-state index is -2.32. The van der Waals surface area contributed by atoms with Crippen LogP contribution in [-0.4, -0.2) is 29.9 Å². The van der Waals surface area contributed by atoms with Gasteiger partial charge in [0.2, 0.25) is 0 Å². The van der Waals surface area contributed by atoms with E-state index in [2.05, 4.69) is 244 Å². The van der Waals surface area contributed by atoms with Gasteiger partial charge in [-0.25, -0.2) is 0 Å². The molecule has 6 aromatic heterocycles. The molecule has 15 aromatic carbocycles. The summed E-state index contributed by atoms with van der Waals surface area (Å²) in [6, 6.07) is 110. The fourth-order valence-electron chi connectivity index (χ4n) is 21.4. The minimum absolute atomic E-state index is 0. The maximum Gasteiger partial charge on any atom is 0.0352 e. The summed E-state index contributed by atoms with van der Waals surface area (Å²) in [5, 5.41) is 21.1. The summed E-state index contributed by atoms with van der Waals surface area (Å²) in [6.45, 7) is -8.06. The van der Waals surface area contributed by atoms with Gasteiger partial charge in [-0.15, -0.1) is 178 Å². The summed E-state index contributed by atoms with van der Waals surface area (Å²) in [4.78, 5) is 26.3. The molecule has 0 amide bonds. The van der Waals surface area contributed by atoms with Gasteiger partial charge < -0.3 is 29.9 Å². The van der Waals surface area contributed by atoms with Crippen LogP contribution in [0.15, 0.2) is 316 Å². The van der Waals surface area contributed by atoms with E-state index in [1.165, 1.54) is 153 Å². The summed E-state index contributed by atoms with van der Waals surface area (Å²) in [7, 11) is 0. The Labute approximate surface area is 971 Å². The Hall–Kier alpha value is -12.5. The molecule has 150 heavy (non-hydrogen) atoms. The normalized spacial score (nSPS) is 18.8. The largest absolute Gasteiger partial charge is 0.304 e. The molecule has 0 unspecified atom stereocenters. The molecule has 1 spiro atoms. The average molecular weight is 2520 g/mol. The third kappa shape index (κ3) is 25.1. The van der Waals surface area contributed by atoms with E-state index < -0.39 is 72.5 Å². The van der Waals surface area contributed by atoms with E-state index >= 15 is 0 Å². The number of aromatic nitrogens is 6. The second-order valence-corrected chi connectivity index (χ2v) is 39.6. The second-order valence-electron chi connectivity index (χ2n) is 39.6. The fourth-order valence-corrected chi connectivity index (χ4v) is 21.4. The van der Waals surface area contributed by atoms with Crippen LogP contribution in [-0.2, 0) is 60.3 Å². The summed E-state index contributed by atoms with van der Waals surface area (Å²) in [5.41, 5.74) is 14.6. The molecule has 4 fully saturated rings. The van der Waals surface area contributed by atoms with E-state index in [-0.39, 0.29) is 127 Å². The summed E-state index contributed by atoms with van der Waals surface area (Å²) in [5.74, 6) is -2.74. The van der Waals surface area contributed by atoms with Crippen molar-refractivity contribution >= 4 is 97.0 Å². The number of nitrogens with zero attached hydrogens (tertiary/aromatic N) is 6. The smallest absolute Gasteiger partial charge is 0.0352 e. The number of benzene rings is 15. The van der Waals surface area contributed by atoms with Gasteiger partial charge in [-0.1, -0.05) is 336 Å². The third-order valence-electron chi connectivity index (χ3n) is 29.7. The SMILES string of the molecule is C.C.C.[2H]C([2H])([2H])c1c[c-]c(-c2cc(C)c(C([2H])([2H])[2H])cn2)cc1.[2H]C([2H])([2H])c1c[c-]c(-c2cc(C)c(C([2H])([2H])[2H])cn2)cc1.[2H]C([2H])([2H])c1cnc(-c2[c-]cc3c4ccccc4c4ccccc4c3c2)cc1C1([2H])CCC(C)(C)CC1.[2H]C([2H])([2H])c1cnc(-c2[c-]cc3c4ccccc4c4ccccc4c3c2)cc1C1([2H])CCC2(CCCCC2)CC1.[2H]C([2H])([2H])c1cnc(-c2[c-]cc3c4ccccc4c4ccccc4c3c2)cc1C1([2H])CCCCC1.[2H]C([2H])([2H])c1cnc(-c2[c-]cccc2)cc1C.[Ir].[Ir].[Ir]. The molecule has 4 aliphatic carbocycles. The van der Waals surface area contributed by atoms with Crippen molar-refractivity contribution in [3.63, 3.8) is 0 Å². The van der Waals surface area contributed by atoms with Crippen molar-refractivity contribution in [2.24, 2.45) is 10.8 Å². The molecule has 3 radical (unpaired) electrons. The van der Waals surface area contributed by atoms with Gasteiger partial charge in [-0.2, -0.15) is 0 Å². The molecule has 9 heteroatoms. The quantitative estimate of drug-likeness (QED) is 0.106. The zero-order valence-electron chi connectivity index (χ0n) is 110. The molecule has 0 atom stereocenters. The van der Waals surface area contributed by atoms with Crippen molar-refractivity contribution in [2.75, 3.05) is 0 Å². The first-order valence-corrected chi connectivity index (χ1v) is 50.1. The molecule has 6 heterocycles. The van der Waals surface area contributed by atoms with Gasteiger partial charge in [0.15, 0.2) is 0 Å². The molecule has 6 nitrogen and oxygen atoms in total. The molecular weight excluding hydrogens is 2350 g/mol. The van der Waals surface area contributed by atoms with Crippen molar-refractivity contribution in [1.82, 2.24) is 29.9 Å². The minimum Gasteiger partial charge on any atom is -0.304 e. The Morgan fingerprint density at radius 1 is 0.240 bits per heavy atom. The van der Waals surface area contributed by atoms with E-state index in [4.69, 9.17) is 32.9 Å².